The van der Waals surface area contributed by atoms with Gasteiger partial charge in [0, 0.05) is 19.2 Å². The highest BCUT2D eigenvalue weighted by Crippen LogP contribution is 2.36. The molecule has 4 nitrogen and oxygen atoms in total. The maximum absolute atomic E-state index is 8.82. The molecular formula is C15H23NO3. The Morgan fingerprint density at radius 3 is 2.95 bits per heavy atom. The molecule has 0 radical (unpaired) electrons. The number of benzene rings is 1. The van der Waals surface area contributed by atoms with E-state index in [0.717, 1.165) is 49.5 Å². The number of anilines is 1. The van der Waals surface area contributed by atoms with E-state index in [1.165, 1.54) is 0 Å². The fraction of sp³-hybridized carbons (Fsp3) is 0.600. The topological polar surface area (TPSA) is 41.9 Å². The van der Waals surface area contributed by atoms with Crippen molar-refractivity contribution in [3.8, 4) is 11.5 Å². The molecule has 1 aromatic rings. The van der Waals surface area contributed by atoms with Crippen molar-refractivity contribution in [1.82, 2.24) is 0 Å². The Morgan fingerprint density at radius 2 is 2.21 bits per heavy atom. The molecule has 0 aromatic heterocycles. The predicted octanol–water partition coefficient (Wildman–Crippen LogP) is 2.45. The van der Waals surface area contributed by atoms with Gasteiger partial charge in [0.2, 0.25) is 0 Å². The van der Waals surface area contributed by atoms with Crippen LogP contribution in [-0.4, -0.2) is 38.0 Å². The summed E-state index contributed by atoms with van der Waals surface area (Å²) in [6.07, 6.45) is 3.23. The van der Waals surface area contributed by atoms with Gasteiger partial charge in [0.05, 0.1) is 19.3 Å². The van der Waals surface area contributed by atoms with Gasteiger partial charge in [-0.15, -0.1) is 0 Å². The molecule has 1 unspecified atom stereocenters. The average molecular weight is 265 g/mol. The number of fused-ring (bicyclic) bond motifs is 1. The van der Waals surface area contributed by atoms with Crippen molar-refractivity contribution in [3.63, 3.8) is 0 Å². The van der Waals surface area contributed by atoms with Gasteiger partial charge in [-0.2, -0.15) is 0 Å². The zero-order chi connectivity index (χ0) is 13.7. The molecule has 1 heterocycles. The van der Waals surface area contributed by atoms with Crippen molar-refractivity contribution in [2.75, 3.05) is 31.7 Å². The molecular weight excluding hydrogens is 242 g/mol. The quantitative estimate of drug-likeness (QED) is 0.802. The smallest absolute Gasteiger partial charge is 0.143 e. The highest BCUT2D eigenvalue weighted by molar-refractivity contribution is 5.63. The van der Waals surface area contributed by atoms with Gasteiger partial charge in [0.25, 0.3) is 0 Å². The Labute approximate surface area is 114 Å². The van der Waals surface area contributed by atoms with Crippen molar-refractivity contribution < 1.29 is 14.6 Å². The number of methoxy groups -OCH3 is 1. The van der Waals surface area contributed by atoms with Crippen LogP contribution in [0.4, 0.5) is 5.69 Å². The Morgan fingerprint density at radius 1 is 1.37 bits per heavy atom. The van der Waals surface area contributed by atoms with E-state index >= 15 is 0 Å². The van der Waals surface area contributed by atoms with Crippen LogP contribution >= 0.6 is 0 Å². The molecule has 4 heteroatoms. The van der Waals surface area contributed by atoms with Crippen molar-refractivity contribution in [3.05, 3.63) is 18.2 Å². The fourth-order valence-electron chi connectivity index (χ4n) is 2.44. The maximum Gasteiger partial charge on any atom is 0.143 e. The summed E-state index contributed by atoms with van der Waals surface area (Å²) in [6, 6.07) is 5.94. The molecule has 19 heavy (non-hydrogen) atoms. The first-order chi connectivity index (χ1) is 9.24. The lowest BCUT2D eigenvalue weighted by molar-refractivity contribution is 0.211. The molecule has 1 aromatic carbocycles. The zero-order valence-electron chi connectivity index (χ0n) is 11.8. The lowest BCUT2D eigenvalue weighted by atomic mass is 10.1. The normalized spacial score (nSPS) is 17.8. The molecule has 2 rings (SSSR count). The molecule has 0 saturated heterocycles. The third-order valence-electron chi connectivity index (χ3n) is 3.40. The molecule has 0 spiro atoms. The van der Waals surface area contributed by atoms with E-state index in [1.807, 2.05) is 18.2 Å². The predicted molar refractivity (Wildman–Crippen MR) is 76.2 cm³/mol. The minimum Gasteiger partial charge on any atom is -0.497 e. The molecule has 0 aliphatic carbocycles. The third kappa shape index (κ3) is 3.53. The van der Waals surface area contributed by atoms with Crippen LogP contribution in [0.5, 0.6) is 11.5 Å². The number of aliphatic hydroxyl groups is 1. The first kappa shape index (κ1) is 14.0. The van der Waals surface area contributed by atoms with Crippen molar-refractivity contribution in [2.24, 2.45) is 0 Å². The number of hydrogen-bond donors (Lipinski definition) is 1. The minimum atomic E-state index is 0.207. The molecule has 0 fully saturated rings. The van der Waals surface area contributed by atoms with E-state index < -0.39 is 0 Å². The monoisotopic (exact) mass is 265 g/mol. The summed E-state index contributed by atoms with van der Waals surface area (Å²) in [5.41, 5.74) is 1.11. The summed E-state index contributed by atoms with van der Waals surface area (Å²) in [6.45, 7) is 4.27. The summed E-state index contributed by atoms with van der Waals surface area (Å²) in [7, 11) is 1.68. The molecule has 106 valence electrons. The number of rotatable bonds is 6. The Hall–Kier alpha value is -1.42. The van der Waals surface area contributed by atoms with Crippen LogP contribution in [0.3, 0.4) is 0 Å². The van der Waals surface area contributed by atoms with Crippen LogP contribution in [0.25, 0.3) is 0 Å². The minimum absolute atomic E-state index is 0.207. The number of ether oxygens (including phenoxy) is 2. The summed E-state index contributed by atoms with van der Waals surface area (Å²) in [4.78, 5) is 2.35. The average Bonchev–Trinajstić information content (AvgIpc) is 2.43. The Kier molecular flexibility index (Phi) is 4.91. The Balaban J connectivity index is 2.07. The molecule has 0 saturated carbocycles. The van der Waals surface area contributed by atoms with E-state index in [2.05, 4.69) is 11.8 Å². The largest absolute Gasteiger partial charge is 0.497 e. The highest BCUT2D eigenvalue weighted by atomic mass is 16.5. The number of hydrogen-bond acceptors (Lipinski definition) is 4. The summed E-state index contributed by atoms with van der Waals surface area (Å²) in [5, 5.41) is 8.82. The van der Waals surface area contributed by atoms with Crippen molar-refractivity contribution in [1.29, 1.82) is 0 Å². The molecule has 1 atom stereocenters. The maximum atomic E-state index is 8.82. The van der Waals surface area contributed by atoms with Gasteiger partial charge < -0.3 is 19.5 Å². The van der Waals surface area contributed by atoms with Crippen LogP contribution in [0.15, 0.2) is 18.2 Å². The standard InChI is InChI=1S/C15H23NO3/c1-12-11-16(8-4-3-5-9-17)14-10-13(18-2)6-7-15(14)19-12/h6-7,10,12,17H,3-5,8-9,11H2,1-2H3. The van der Waals surface area contributed by atoms with Crippen LogP contribution in [-0.2, 0) is 0 Å². The van der Waals surface area contributed by atoms with E-state index in [-0.39, 0.29) is 12.7 Å². The molecule has 1 N–H and O–H groups in total. The summed E-state index contributed by atoms with van der Waals surface area (Å²) in [5.74, 6) is 1.79. The SMILES string of the molecule is COc1ccc2c(c1)N(CCCCCO)CC(C)O2. The Bertz CT molecular complexity index is 408. The molecule has 1 aliphatic heterocycles. The van der Waals surface area contributed by atoms with Gasteiger partial charge in [-0.3, -0.25) is 0 Å². The van der Waals surface area contributed by atoms with Gasteiger partial charge in [0.1, 0.15) is 17.6 Å². The highest BCUT2D eigenvalue weighted by Gasteiger charge is 2.22. The summed E-state index contributed by atoms with van der Waals surface area (Å²) >= 11 is 0. The second-order valence-corrected chi connectivity index (χ2v) is 4.99. The second-order valence-electron chi connectivity index (χ2n) is 4.99. The van der Waals surface area contributed by atoms with Gasteiger partial charge in [0.15, 0.2) is 0 Å². The van der Waals surface area contributed by atoms with Crippen LogP contribution in [0, 0.1) is 0 Å². The molecule has 1 aliphatic rings. The van der Waals surface area contributed by atoms with Gasteiger partial charge in [-0.25, -0.2) is 0 Å². The first-order valence-electron chi connectivity index (χ1n) is 6.95. The number of aliphatic hydroxyl groups excluding tert-OH is 1. The van der Waals surface area contributed by atoms with E-state index in [0.29, 0.717) is 0 Å². The van der Waals surface area contributed by atoms with Crippen LogP contribution in [0.1, 0.15) is 26.2 Å². The first-order valence-corrected chi connectivity index (χ1v) is 6.95. The van der Waals surface area contributed by atoms with Crippen molar-refractivity contribution in [2.45, 2.75) is 32.3 Å². The number of unbranched alkanes of at least 4 members (excludes halogenated alkanes) is 2. The fourth-order valence-corrected chi connectivity index (χ4v) is 2.44. The van der Waals surface area contributed by atoms with Crippen LogP contribution in [0.2, 0.25) is 0 Å². The molecule has 0 amide bonds. The third-order valence-corrected chi connectivity index (χ3v) is 3.40. The zero-order valence-corrected chi connectivity index (χ0v) is 11.8. The second kappa shape index (κ2) is 6.66. The lowest BCUT2D eigenvalue weighted by Gasteiger charge is -2.35. The van der Waals surface area contributed by atoms with E-state index in [1.54, 1.807) is 7.11 Å². The van der Waals surface area contributed by atoms with E-state index in [9.17, 15) is 0 Å². The van der Waals surface area contributed by atoms with Crippen LogP contribution < -0.4 is 14.4 Å². The van der Waals surface area contributed by atoms with Gasteiger partial charge in [-0.05, 0) is 38.3 Å². The molecule has 0 bridgehead atoms. The lowest BCUT2D eigenvalue weighted by Crippen LogP contribution is -2.39. The van der Waals surface area contributed by atoms with Gasteiger partial charge >= 0.3 is 0 Å². The number of nitrogens with zero attached hydrogens (tertiary/aromatic N) is 1. The summed E-state index contributed by atoms with van der Waals surface area (Å²) < 4.78 is 11.1. The van der Waals surface area contributed by atoms with Gasteiger partial charge in [-0.1, -0.05) is 0 Å². The van der Waals surface area contributed by atoms with E-state index in [4.69, 9.17) is 14.6 Å². The van der Waals surface area contributed by atoms with Crippen molar-refractivity contribution >= 4 is 5.69 Å².